The summed E-state index contributed by atoms with van der Waals surface area (Å²) in [7, 11) is 0. The van der Waals surface area contributed by atoms with Gasteiger partial charge in [-0.25, -0.2) is 0 Å². The van der Waals surface area contributed by atoms with E-state index < -0.39 is 6.10 Å². The maximum absolute atomic E-state index is 12.4. The zero-order valence-electron chi connectivity index (χ0n) is 25.6. The third-order valence-electron chi connectivity index (χ3n) is 7.54. The molecule has 0 fully saturated rings. The molecular weight excluding hydrogens is 576 g/mol. The van der Waals surface area contributed by atoms with Crippen LogP contribution in [0.2, 0.25) is 0 Å². The Hall–Kier alpha value is -5.31. The summed E-state index contributed by atoms with van der Waals surface area (Å²) in [4.78, 5) is 30.2. The van der Waals surface area contributed by atoms with E-state index in [1.54, 1.807) is 18.3 Å². The van der Waals surface area contributed by atoms with Gasteiger partial charge >= 0.3 is 0 Å². The molecule has 2 amide bonds. The molecule has 1 aromatic heterocycles. The summed E-state index contributed by atoms with van der Waals surface area (Å²) >= 11 is 0. The number of hydrogen-bond donors (Lipinski definition) is 3. The van der Waals surface area contributed by atoms with Crippen molar-refractivity contribution in [3.63, 3.8) is 0 Å². The lowest BCUT2D eigenvalue weighted by atomic mass is 10.1. The normalized spacial score (nSPS) is 11.5. The maximum Gasteiger partial charge on any atom is 0.230 e. The van der Waals surface area contributed by atoms with Gasteiger partial charge < -0.3 is 20.5 Å². The van der Waals surface area contributed by atoms with E-state index in [-0.39, 0.29) is 12.3 Å². The summed E-state index contributed by atoms with van der Waals surface area (Å²) in [5.74, 6) is 0.418. The smallest absolute Gasteiger partial charge is 0.230 e. The molecule has 1 unspecified atom stereocenters. The van der Waals surface area contributed by atoms with Crippen molar-refractivity contribution >= 4 is 23.7 Å². The number of nitrogens with zero attached hydrogens (tertiary/aromatic N) is 2. The van der Waals surface area contributed by atoms with Crippen LogP contribution in [0.15, 0.2) is 128 Å². The molecular formula is C38H38N4O4. The lowest BCUT2D eigenvalue weighted by Gasteiger charge is -2.26. The van der Waals surface area contributed by atoms with Crippen molar-refractivity contribution in [1.82, 2.24) is 9.88 Å². The molecule has 0 saturated heterocycles. The largest absolute Gasteiger partial charge is 0.487 e. The average molecular weight is 615 g/mol. The minimum Gasteiger partial charge on any atom is -0.487 e. The van der Waals surface area contributed by atoms with Gasteiger partial charge in [-0.1, -0.05) is 84.9 Å². The van der Waals surface area contributed by atoms with Crippen LogP contribution in [0, 0.1) is 0 Å². The van der Waals surface area contributed by atoms with E-state index in [1.807, 2.05) is 97.1 Å². The van der Waals surface area contributed by atoms with Crippen LogP contribution in [0.3, 0.4) is 0 Å². The van der Waals surface area contributed by atoms with Gasteiger partial charge in [0, 0.05) is 37.2 Å². The van der Waals surface area contributed by atoms with Crippen LogP contribution in [0.25, 0.3) is 0 Å². The van der Waals surface area contributed by atoms with Crippen LogP contribution < -0.4 is 15.4 Å². The van der Waals surface area contributed by atoms with Gasteiger partial charge in [-0.3, -0.25) is 19.5 Å². The molecule has 0 saturated carbocycles. The molecule has 0 spiro atoms. The molecule has 4 aromatic carbocycles. The minimum absolute atomic E-state index is 0.114. The first-order valence-corrected chi connectivity index (χ1v) is 15.3. The maximum atomic E-state index is 12.4. The number of aromatic nitrogens is 1. The van der Waals surface area contributed by atoms with E-state index in [9.17, 15) is 14.7 Å². The number of pyridine rings is 1. The summed E-state index contributed by atoms with van der Waals surface area (Å²) in [6, 6.07) is 38.7. The molecule has 1 atom stereocenters. The van der Waals surface area contributed by atoms with E-state index in [2.05, 4.69) is 32.7 Å². The highest BCUT2D eigenvalue weighted by molar-refractivity contribution is 5.92. The number of benzene rings is 4. The monoisotopic (exact) mass is 614 g/mol. The molecule has 46 heavy (non-hydrogen) atoms. The second-order valence-corrected chi connectivity index (χ2v) is 11.0. The van der Waals surface area contributed by atoms with Crippen LogP contribution in [-0.2, 0) is 35.6 Å². The zero-order chi connectivity index (χ0) is 32.0. The molecule has 3 N–H and O–H groups in total. The predicted molar refractivity (Wildman–Crippen MR) is 180 cm³/mol. The van der Waals surface area contributed by atoms with E-state index in [1.165, 1.54) is 0 Å². The van der Waals surface area contributed by atoms with Crippen molar-refractivity contribution in [1.29, 1.82) is 0 Å². The SMILES string of the molecule is O=CNc1cc(C(O)CN(CCc2ccc(NC(=O)Cc3ccccn3)cc2)Cc2ccccc2)ccc1OCc1ccccc1. The molecule has 0 aliphatic rings. The molecule has 0 aliphatic carbocycles. The van der Waals surface area contributed by atoms with Crippen LogP contribution in [-0.4, -0.2) is 40.4 Å². The van der Waals surface area contributed by atoms with Crippen molar-refractivity contribution in [2.75, 3.05) is 23.7 Å². The second-order valence-electron chi connectivity index (χ2n) is 11.0. The van der Waals surface area contributed by atoms with Gasteiger partial charge in [0.1, 0.15) is 12.4 Å². The fourth-order valence-corrected chi connectivity index (χ4v) is 5.13. The van der Waals surface area contributed by atoms with Crippen molar-refractivity contribution in [3.05, 3.63) is 155 Å². The standard InChI is InChI=1S/C38H38N4O4/c43-28-40-35-23-32(16-19-37(35)46-27-31-11-5-2-6-12-31)36(44)26-42(25-30-9-3-1-4-10-30)22-20-29-14-17-33(18-15-29)41-38(45)24-34-13-7-8-21-39-34/h1-19,21,23,28,36,44H,20,22,24-27H2,(H,40,43)(H,41,45). The first-order valence-electron chi connectivity index (χ1n) is 15.3. The quantitative estimate of drug-likeness (QED) is 0.115. The van der Waals surface area contributed by atoms with Gasteiger partial charge in [-0.15, -0.1) is 0 Å². The van der Waals surface area contributed by atoms with Gasteiger partial charge in [0.2, 0.25) is 12.3 Å². The fraction of sp³-hybridized carbons (Fsp3) is 0.184. The summed E-state index contributed by atoms with van der Waals surface area (Å²) < 4.78 is 5.97. The zero-order valence-corrected chi connectivity index (χ0v) is 25.6. The van der Waals surface area contributed by atoms with Crippen molar-refractivity contribution in [2.24, 2.45) is 0 Å². The van der Waals surface area contributed by atoms with E-state index in [4.69, 9.17) is 4.74 Å². The molecule has 8 heteroatoms. The van der Waals surface area contributed by atoms with Crippen molar-refractivity contribution < 1.29 is 19.4 Å². The highest BCUT2D eigenvalue weighted by Crippen LogP contribution is 2.29. The summed E-state index contributed by atoms with van der Waals surface area (Å²) in [6.45, 7) is 2.12. The molecule has 0 aliphatic heterocycles. The highest BCUT2D eigenvalue weighted by atomic mass is 16.5. The average Bonchev–Trinajstić information content (AvgIpc) is 3.08. The van der Waals surface area contributed by atoms with Crippen molar-refractivity contribution in [3.8, 4) is 5.75 Å². The van der Waals surface area contributed by atoms with Crippen LogP contribution in [0.5, 0.6) is 5.75 Å². The van der Waals surface area contributed by atoms with Gasteiger partial charge in [0.05, 0.1) is 18.2 Å². The number of rotatable bonds is 16. The number of carbonyl (C=O) groups is 2. The molecule has 5 aromatic rings. The first kappa shape index (κ1) is 32.1. The molecule has 5 rings (SSSR count). The van der Waals surface area contributed by atoms with Crippen LogP contribution in [0.1, 0.15) is 34.1 Å². The minimum atomic E-state index is -0.796. The first-order chi connectivity index (χ1) is 22.6. The Morgan fingerprint density at radius 1 is 0.848 bits per heavy atom. The fourth-order valence-electron chi connectivity index (χ4n) is 5.13. The van der Waals surface area contributed by atoms with E-state index in [0.717, 1.165) is 34.5 Å². The molecule has 8 nitrogen and oxygen atoms in total. The number of aliphatic hydroxyl groups is 1. The number of anilines is 2. The molecule has 234 valence electrons. The van der Waals surface area contributed by atoms with Gasteiger partial charge in [-0.05, 0) is 65.1 Å². The number of carbonyl (C=O) groups excluding carboxylic acids is 2. The Labute approximate surface area is 269 Å². The van der Waals surface area contributed by atoms with E-state index >= 15 is 0 Å². The molecule has 0 radical (unpaired) electrons. The highest BCUT2D eigenvalue weighted by Gasteiger charge is 2.17. The number of ether oxygens (including phenoxy) is 1. The van der Waals surface area contributed by atoms with Gasteiger partial charge in [0.15, 0.2) is 0 Å². The third-order valence-corrected chi connectivity index (χ3v) is 7.54. The Morgan fingerprint density at radius 2 is 1.57 bits per heavy atom. The van der Waals surface area contributed by atoms with Gasteiger partial charge in [-0.2, -0.15) is 0 Å². The summed E-state index contributed by atoms with van der Waals surface area (Å²) in [5, 5.41) is 17.0. The number of nitrogens with one attached hydrogen (secondary N) is 2. The number of aliphatic hydroxyl groups excluding tert-OH is 1. The van der Waals surface area contributed by atoms with E-state index in [0.29, 0.717) is 49.7 Å². The van der Waals surface area contributed by atoms with Crippen LogP contribution in [0.4, 0.5) is 11.4 Å². The Kier molecular flexibility index (Phi) is 11.6. The molecule has 1 heterocycles. The van der Waals surface area contributed by atoms with Gasteiger partial charge in [0.25, 0.3) is 0 Å². The Bertz CT molecular complexity index is 1670. The summed E-state index contributed by atoms with van der Waals surface area (Å²) in [5.41, 5.74) is 5.92. The summed E-state index contributed by atoms with van der Waals surface area (Å²) in [6.07, 6.45) is 2.47. The number of hydrogen-bond acceptors (Lipinski definition) is 6. The lowest BCUT2D eigenvalue weighted by molar-refractivity contribution is -0.115. The second kappa shape index (κ2) is 16.7. The topological polar surface area (TPSA) is 104 Å². The molecule has 0 bridgehead atoms. The van der Waals surface area contributed by atoms with Crippen molar-refractivity contribution in [2.45, 2.75) is 32.1 Å². The Balaban J connectivity index is 1.22. The number of amides is 2. The lowest BCUT2D eigenvalue weighted by Crippen LogP contribution is -2.30. The Morgan fingerprint density at radius 3 is 2.26 bits per heavy atom. The van der Waals surface area contributed by atoms with Crippen LogP contribution >= 0.6 is 0 Å². The predicted octanol–water partition coefficient (Wildman–Crippen LogP) is 6.19. The third kappa shape index (κ3) is 9.85.